The number of nitrogens with one attached hydrogen (secondary N) is 2. The lowest BCUT2D eigenvalue weighted by molar-refractivity contribution is -0.117. The monoisotopic (exact) mass is 364 g/mol. The second kappa shape index (κ2) is 7.84. The Bertz CT molecular complexity index is 709. The number of aromatic nitrogens is 2. The van der Waals surface area contributed by atoms with Crippen LogP contribution < -0.4 is 15.4 Å². The molecule has 1 saturated heterocycles. The van der Waals surface area contributed by atoms with Crippen LogP contribution in [0.15, 0.2) is 28.8 Å². The zero-order valence-electron chi connectivity index (χ0n) is 13.7. The fourth-order valence-electron chi connectivity index (χ4n) is 2.74. The number of amides is 1. The van der Waals surface area contributed by atoms with Gasteiger partial charge in [-0.25, -0.2) is 0 Å². The molecule has 0 radical (unpaired) electrons. The molecule has 8 heteroatoms. The summed E-state index contributed by atoms with van der Waals surface area (Å²) in [6.45, 7) is 1.18. The summed E-state index contributed by atoms with van der Waals surface area (Å²) in [5, 5.41) is 10.0. The maximum absolute atomic E-state index is 12.0. The van der Waals surface area contributed by atoms with Gasteiger partial charge in [-0.3, -0.25) is 4.79 Å². The SMILES string of the molecule is Cl.O=C(Nc1ccc(OCc2noc(C3CC3)n2)cc1)C1CCCN1. The van der Waals surface area contributed by atoms with Gasteiger partial charge in [0.2, 0.25) is 17.6 Å². The molecule has 25 heavy (non-hydrogen) atoms. The second-order valence-corrected chi connectivity index (χ2v) is 6.27. The van der Waals surface area contributed by atoms with Gasteiger partial charge in [0, 0.05) is 11.6 Å². The molecule has 2 aliphatic rings. The van der Waals surface area contributed by atoms with Crippen LogP contribution in [0.5, 0.6) is 5.75 Å². The van der Waals surface area contributed by atoms with Gasteiger partial charge in [0.1, 0.15) is 5.75 Å². The van der Waals surface area contributed by atoms with Crippen molar-refractivity contribution >= 4 is 24.0 Å². The molecule has 2 heterocycles. The van der Waals surface area contributed by atoms with Gasteiger partial charge >= 0.3 is 0 Å². The van der Waals surface area contributed by atoms with Crippen molar-refractivity contribution < 1.29 is 14.1 Å². The molecule has 2 fully saturated rings. The summed E-state index contributed by atoms with van der Waals surface area (Å²) in [5.74, 6) is 2.43. The van der Waals surface area contributed by atoms with E-state index in [2.05, 4.69) is 20.8 Å². The third kappa shape index (κ3) is 4.49. The van der Waals surface area contributed by atoms with E-state index in [4.69, 9.17) is 9.26 Å². The zero-order valence-corrected chi connectivity index (χ0v) is 14.6. The largest absolute Gasteiger partial charge is 0.485 e. The molecule has 4 rings (SSSR count). The first-order valence-corrected chi connectivity index (χ1v) is 8.37. The number of hydrogen-bond donors (Lipinski definition) is 2. The Kier molecular flexibility index (Phi) is 5.55. The highest BCUT2D eigenvalue weighted by Gasteiger charge is 2.29. The van der Waals surface area contributed by atoms with Gasteiger partial charge in [-0.05, 0) is 56.5 Å². The van der Waals surface area contributed by atoms with Crippen LogP contribution in [0.4, 0.5) is 5.69 Å². The lowest BCUT2D eigenvalue weighted by atomic mass is 10.2. The minimum atomic E-state index is -0.0835. The van der Waals surface area contributed by atoms with E-state index in [1.54, 1.807) is 0 Å². The van der Waals surface area contributed by atoms with E-state index >= 15 is 0 Å². The Balaban J connectivity index is 0.00000182. The average molecular weight is 365 g/mol. The number of nitrogens with zero attached hydrogens (tertiary/aromatic N) is 2. The van der Waals surface area contributed by atoms with Gasteiger partial charge in [-0.15, -0.1) is 12.4 Å². The lowest BCUT2D eigenvalue weighted by Gasteiger charge is -2.11. The predicted octanol–water partition coefficient (Wildman–Crippen LogP) is 2.64. The van der Waals surface area contributed by atoms with Crippen molar-refractivity contribution in [1.82, 2.24) is 15.5 Å². The molecular weight excluding hydrogens is 344 g/mol. The fraction of sp³-hybridized carbons (Fsp3) is 0.471. The highest BCUT2D eigenvalue weighted by atomic mass is 35.5. The van der Waals surface area contributed by atoms with Crippen molar-refractivity contribution in [3.05, 3.63) is 36.0 Å². The molecule has 1 saturated carbocycles. The van der Waals surface area contributed by atoms with Crippen LogP contribution in [0.1, 0.15) is 43.3 Å². The summed E-state index contributed by atoms with van der Waals surface area (Å²) < 4.78 is 10.8. The van der Waals surface area contributed by atoms with E-state index in [9.17, 15) is 4.79 Å². The Labute approximate surface area is 151 Å². The quantitative estimate of drug-likeness (QED) is 0.819. The van der Waals surface area contributed by atoms with Crippen LogP contribution in [-0.4, -0.2) is 28.6 Å². The number of rotatable bonds is 6. The van der Waals surface area contributed by atoms with Crippen LogP contribution in [0, 0.1) is 0 Å². The van der Waals surface area contributed by atoms with Crippen molar-refractivity contribution in [3.8, 4) is 5.75 Å². The number of anilines is 1. The normalized spacial score (nSPS) is 19.3. The molecule has 1 aliphatic carbocycles. The summed E-state index contributed by atoms with van der Waals surface area (Å²) in [6, 6.07) is 7.21. The first-order valence-electron chi connectivity index (χ1n) is 8.37. The van der Waals surface area contributed by atoms with Gasteiger partial charge < -0.3 is 19.9 Å². The van der Waals surface area contributed by atoms with Gasteiger partial charge in [0.25, 0.3) is 0 Å². The molecule has 1 aromatic heterocycles. The van der Waals surface area contributed by atoms with Crippen molar-refractivity contribution in [2.24, 2.45) is 0 Å². The summed E-state index contributed by atoms with van der Waals surface area (Å²) in [5.41, 5.74) is 0.761. The highest BCUT2D eigenvalue weighted by Crippen LogP contribution is 2.38. The fourth-order valence-corrected chi connectivity index (χ4v) is 2.74. The number of ether oxygens (including phenoxy) is 1. The van der Waals surface area contributed by atoms with E-state index in [1.807, 2.05) is 24.3 Å². The standard InChI is InChI=1S/C17H20N4O3.ClH/c22-16(14-2-1-9-18-14)19-12-5-7-13(8-6-12)23-10-15-20-17(24-21-15)11-3-4-11;/h5-8,11,14,18H,1-4,9-10H2,(H,19,22);1H. The van der Waals surface area contributed by atoms with Crippen LogP contribution >= 0.6 is 12.4 Å². The number of benzene rings is 1. The number of halogens is 1. The molecule has 134 valence electrons. The molecule has 1 atom stereocenters. The number of carbonyl (C=O) groups excluding carboxylic acids is 1. The minimum Gasteiger partial charge on any atom is -0.485 e. The molecule has 1 aliphatic heterocycles. The first kappa shape index (κ1) is 17.7. The summed E-state index contributed by atoms with van der Waals surface area (Å²) in [7, 11) is 0. The van der Waals surface area contributed by atoms with Crippen LogP contribution in [0.3, 0.4) is 0 Å². The van der Waals surface area contributed by atoms with Crippen LogP contribution in [0.25, 0.3) is 0 Å². The lowest BCUT2D eigenvalue weighted by Crippen LogP contribution is -2.35. The zero-order chi connectivity index (χ0) is 16.4. The van der Waals surface area contributed by atoms with Crippen molar-refractivity contribution in [2.75, 3.05) is 11.9 Å². The smallest absolute Gasteiger partial charge is 0.241 e. The van der Waals surface area contributed by atoms with Gasteiger partial charge in [0.05, 0.1) is 6.04 Å². The van der Waals surface area contributed by atoms with E-state index in [0.717, 1.165) is 37.9 Å². The highest BCUT2D eigenvalue weighted by molar-refractivity contribution is 5.95. The summed E-state index contributed by atoms with van der Waals surface area (Å²) in [6.07, 6.45) is 4.20. The molecule has 1 amide bonds. The Morgan fingerprint density at radius 1 is 1.28 bits per heavy atom. The minimum absolute atomic E-state index is 0. The van der Waals surface area contributed by atoms with Crippen LogP contribution in [0.2, 0.25) is 0 Å². The molecule has 2 aromatic rings. The maximum atomic E-state index is 12.0. The molecule has 2 N–H and O–H groups in total. The average Bonchev–Trinajstić information content (AvgIpc) is 3.12. The van der Waals surface area contributed by atoms with Gasteiger partial charge in [0.15, 0.2) is 6.61 Å². The molecular formula is C17H21ClN4O3. The maximum Gasteiger partial charge on any atom is 0.241 e. The van der Waals surface area contributed by atoms with Crippen molar-refractivity contribution in [2.45, 2.75) is 44.2 Å². The van der Waals surface area contributed by atoms with E-state index in [1.165, 1.54) is 0 Å². The van der Waals surface area contributed by atoms with Gasteiger partial charge in [-0.1, -0.05) is 5.16 Å². The molecule has 1 unspecified atom stereocenters. The second-order valence-electron chi connectivity index (χ2n) is 6.27. The molecule has 7 nitrogen and oxygen atoms in total. The summed E-state index contributed by atoms with van der Waals surface area (Å²) >= 11 is 0. The molecule has 0 bridgehead atoms. The third-order valence-electron chi connectivity index (χ3n) is 4.28. The number of hydrogen-bond acceptors (Lipinski definition) is 6. The number of carbonyl (C=O) groups is 1. The van der Waals surface area contributed by atoms with Gasteiger partial charge in [-0.2, -0.15) is 4.98 Å². The molecule has 1 aromatic carbocycles. The summed E-state index contributed by atoms with van der Waals surface area (Å²) in [4.78, 5) is 16.4. The van der Waals surface area contributed by atoms with Crippen molar-refractivity contribution in [3.63, 3.8) is 0 Å². The topological polar surface area (TPSA) is 89.3 Å². The third-order valence-corrected chi connectivity index (χ3v) is 4.28. The predicted molar refractivity (Wildman–Crippen MR) is 93.9 cm³/mol. The Morgan fingerprint density at radius 3 is 2.76 bits per heavy atom. The van der Waals surface area contributed by atoms with E-state index in [-0.39, 0.29) is 31.0 Å². The molecule has 0 spiro atoms. The Hall–Kier alpha value is -2.12. The first-order chi connectivity index (χ1) is 11.8. The van der Waals surface area contributed by atoms with E-state index in [0.29, 0.717) is 23.4 Å². The van der Waals surface area contributed by atoms with Crippen LogP contribution in [-0.2, 0) is 11.4 Å². The Morgan fingerprint density at radius 2 is 2.08 bits per heavy atom. The van der Waals surface area contributed by atoms with E-state index < -0.39 is 0 Å². The van der Waals surface area contributed by atoms with Crippen molar-refractivity contribution in [1.29, 1.82) is 0 Å².